The highest BCUT2D eigenvalue weighted by atomic mass is 16.3. The van der Waals surface area contributed by atoms with Crippen molar-refractivity contribution in [2.75, 3.05) is 38.5 Å². The molecule has 0 spiro atoms. The topological polar surface area (TPSA) is 104 Å². The van der Waals surface area contributed by atoms with Crippen molar-refractivity contribution >= 4 is 22.7 Å². The van der Waals surface area contributed by atoms with Crippen molar-refractivity contribution in [1.29, 1.82) is 0 Å². The summed E-state index contributed by atoms with van der Waals surface area (Å²) in [6.07, 6.45) is 4.37. The number of rotatable bonds is 8. The fraction of sp³-hybridized carbons (Fsp3) is 0.379. The minimum atomic E-state index is -1.14. The molecule has 1 aromatic carbocycles. The lowest BCUT2D eigenvalue weighted by atomic mass is 10.1. The molecule has 1 saturated heterocycles. The molecule has 0 bridgehead atoms. The molecule has 204 valence electrons. The first-order chi connectivity index (χ1) is 18.7. The first-order valence-electron chi connectivity index (χ1n) is 13.3. The molecule has 0 unspecified atom stereocenters. The quantitative estimate of drug-likeness (QED) is 0.336. The van der Waals surface area contributed by atoms with E-state index in [0.717, 1.165) is 38.4 Å². The summed E-state index contributed by atoms with van der Waals surface area (Å²) in [4.78, 5) is 31.8. The van der Waals surface area contributed by atoms with Gasteiger partial charge in [0.1, 0.15) is 11.0 Å². The Kier molecular flexibility index (Phi) is 7.60. The van der Waals surface area contributed by atoms with Gasteiger partial charge in [0.15, 0.2) is 11.5 Å². The molecule has 4 heterocycles. The first-order valence-corrected chi connectivity index (χ1v) is 13.3. The molecule has 0 atom stereocenters. The second kappa shape index (κ2) is 11.1. The lowest BCUT2D eigenvalue weighted by molar-refractivity contribution is 0.0738. The van der Waals surface area contributed by atoms with Crippen LogP contribution in [0.25, 0.3) is 16.9 Å². The summed E-state index contributed by atoms with van der Waals surface area (Å²) in [7, 11) is 2.18. The third-order valence-corrected chi connectivity index (χ3v) is 6.98. The lowest BCUT2D eigenvalue weighted by Crippen LogP contribution is -2.28. The number of aliphatic hydroxyl groups is 1. The van der Waals surface area contributed by atoms with Crippen LogP contribution in [0.15, 0.2) is 66.1 Å². The highest BCUT2D eigenvalue weighted by molar-refractivity contribution is 5.77. The second-order valence-corrected chi connectivity index (χ2v) is 10.6. The molecule has 1 fully saturated rings. The van der Waals surface area contributed by atoms with Crippen molar-refractivity contribution in [2.24, 2.45) is 0 Å². The molecule has 0 amide bonds. The number of likely N-dealkylation sites (N-methyl/N-ethyl adjacent to an activating group) is 1. The zero-order chi connectivity index (χ0) is 27.6. The minimum Gasteiger partial charge on any atom is -0.384 e. The maximum absolute atomic E-state index is 13.2. The van der Waals surface area contributed by atoms with Gasteiger partial charge in [0.2, 0.25) is 5.95 Å². The van der Waals surface area contributed by atoms with Crippen molar-refractivity contribution in [3.05, 3.63) is 82.9 Å². The van der Waals surface area contributed by atoms with Crippen molar-refractivity contribution in [3.63, 3.8) is 0 Å². The predicted molar refractivity (Wildman–Crippen MR) is 153 cm³/mol. The number of allylic oxidation sites excluding steroid dienone is 1. The van der Waals surface area contributed by atoms with E-state index in [1.807, 2.05) is 12.1 Å². The van der Waals surface area contributed by atoms with Gasteiger partial charge in [-0.2, -0.15) is 4.98 Å². The van der Waals surface area contributed by atoms with Crippen LogP contribution in [0.3, 0.4) is 0 Å². The highest BCUT2D eigenvalue weighted by Gasteiger charge is 2.22. The highest BCUT2D eigenvalue weighted by Crippen LogP contribution is 2.22. The summed E-state index contributed by atoms with van der Waals surface area (Å²) < 4.78 is 3.17. The van der Waals surface area contributed by atoms with Crippen LogP contribution in [0.2, 0.25) is 0 Å². The molecule has 4 aromatic rings. The predicted octanol–water partition coefficient (Wildman–Crippen LogP) is 3.27. The van der Waals surface area contributed by atoms with Gasteiger partial charge in [-0.1, -0.05) is 24.3 Å². The molecule has 0 aliphatic carbocycles. The minimum absolute atomic E-state index is 0.240. The summed E-state index contributed by atoms with van der Waals surface area (Å²) in [6, 6.07) is 13.6. The summed E-state index contributed by atoms with van der Waals surface area (Å²) in [5.74, 6) is 0.839. The van der Waals surface area contributed by atoms with E-state index in [-0.39, 0.29) is 12.1 Å². The number of hydrogen-bond donors (Lipinski definition) is 2. The first kappa shape index (κ1) is 26.7. The largest absolute Gasteiger partial charge is 0.384 e. The van der Waals surface area contributed by atoms with Crippen molar-refractivity contribution in [1.82, 2.24) is 34.1 Å². The summed E-state index contributed by atoms with van der Waals surface area (Å²) >= 11 is 0. The van der Waals surface area contributed by atoms with Crippen LogP contribution in [0.1, 0.15) is 31.5 Å². The van der Waals surface area contributed by atoms with Gasteiger partial charge in [0.25, 0.3) is 5.56 Å². The molecule has 1 aliphatic rings. The van der Waals surface area contributed by atoms with E-state index in [9.17, 15) is 9.90 Å². The second-order valence-electron chi connectivity index (χ2n) is 10.6. The Morgan fingerprint density at radius 2 is 1.87 bits per heavy atom. The number of benzene rings is 1. The van der Waals surface area contributed by atoms with Gasteiger partial charge in [-0.15, -0.1) is 6.58 Å². The fourth-order valence-corrected chi connectivity index (χ4v) is 4.83. The van der Waals surface area contributed by atoms with Gasteiger partial charge < -0.3 is 15.3 Å². The van der Waals surface area contributed by atoms with E-state index < -0.39 is 5.60 Å². The summed E-state index contributed by atoms with van der Waals surface area (Å²) in [6.45, 7) is 12.8. The Labute approximate surface area is 228 Å². The van der Waals surface area contributed by atoms with Crippen LogP contribution in [0.4, 0.5) is 11.6 Å². The zero-order valence-corrected chi connectivity index (χ0v) is 22.8. The van der Waals surface area contributed by atoms with E-state index in [1.165, 1.54) is 22.9 Å². The van der Waals surface area contributed by atoms with Crippen molar-refractivity contribution < 1.29 is 5.11 Å². The standard InChI is InChI=1S/C29H36N8O2/c1-5-14-36-27(38)23-19-30-28(33-26(23)37(36)25-9-6-8-24(32-25)29(2,3)39)31-22-12-10-21(11-13-22)20-35-16-7-15-34(4)17-18-35/h5-6,8-13,19,39H,1,7,14-18,20H2,2-4H3,(H,30,31,33). The van der Waals surface area contributed by atoms with Crippen LogP contribution in [0.5, 0.6) is 0 Å². The third kappa shape index (κ3) is 5.93. The van der Waals surface area contributed by atoms with Crippen LogP contribution in [-0.4, -0.2) is 72.4 Å². The maximum atomic E-state index is 13.2. The van der Waals surface area contributed by atoms with E-state index in [2.05, 4.69) is 50.8 Å². The van der Waals surface area contributed by atoms with E-state index >= 15 is 0 Å². The number of aromatic nitrogens is 5. The number of fused-ring (bicyclic) bond motifs is 1. The van der Waals surface area contributed by atoms with Gasteiger partial charge in [-0.3, -0.25) is 9.69 Å². The molecule has 39 heavy (non-hydrogen) atoms. The van der Waals surface area contributed by atoms with Crippen molar-refractivity contribution in [2.45, 2.75) is 39.0 Å². The molecule has 3 aromatic heterocycles. The smallest absolute Gasteiger partial charge is 0.278 e. The number of hydrogen-bond acceptors (Lipinski definition) is 8. The van der Waals surface area contributed by atoms with Gasteiger partial charge in [0, 0.05) is 31.5 Å². The maximum Gasteiger partial charge on any atom is 0.278 e. The van der Waals surface area contributed by atoms with Gasteiger partial charge in [0.05, 0.1) is 12.2 Å². The molecule has 10 heteroatoms. The number of nitrogens with zero attached hydrogens (tertiary/aromatic N) is 7. The van der Waals surface area contributed by atoms with Crippen LogP contribution < -0.4 is 10.9 Å². The molecule has 0 radical (unpaired) electrons. The molecule has 0 saturated carbocycles. The van der Waals surface area contributed by atoms with Crippen LogP contribution in [0, 0.1) is 0 Å². The summed E-state index contributed by atoms with van der Waals surface area (Å²) in [5, 5.41) is 14.1. The molecule has 2 N–H and O–H groups in total. The monoisotopic (exact) mass is 528 g/mol. The molecule has 1 aliphatic heterocycles. The zero-order valence-electron chi connectivity index (χ0n) is 22.8. The SMILES string of the molecule is C=CCn1c(=O)c2cnc(Nc3ccc(CN4CCCN(C)CC4)cc3)nc2n1-c1cccc(C(C)(C)O)n1. The number of anilines is 2. The Morgan fingerprint density at radius 1 is 1.08 bits per heavy atom. The summed E-state index contributed by atoms with van der Waals surface area (Å²) in [5.41, 5.74) is 1.64. The average Bonchev–Trinajstić information content (AvgIpc) is 3.03. The Hall–Kier alpha value is -3.86. The molecule has 10 nitrogen and oxygen atoms in total. The van der Waals surface area contributed by atoms with Gasteiger partial charge >= 0.3 is 0 Å². The van der Waals surface area contributed by atoms with Crippen molar-refractivity contribution in [3.8, 4) is 5.82 Å². The lowest BCUT2D eigenvalue weighted by Gasteiger charge is -2.20. The average molecular weight is 529 g/mol. The van der Waals surface area contributed by atoms with E-state index in [0.29, 0.717) is 28.5 Å². The Balaban J connectivity index is 1.43. The Bertz CT molecular complexity index is 1520. The Morgan fingerprint density at radius 3 is 2.62 bits per heavy atom. The number of nitrogens with one attached hydrogen (secondary N) is 1. The molecular formula is C29H36N8O2. The number of pyridine rings is 1. The van der Waals surface area contributed by atoms with Gasteiger partial charge in [-0.05, 0) is 70.2 Å². The normalized spacial score (nSPS) is 15.4. The van der Waals surface area contributed by atoms with Gasteiger partial charge in [-0.25, -0.2) is 19.3 Å². The van der Waals surface area contributed by atoms with Crippen LogP contribution >= 0.6 is 0 Å². The molecule has 5 rings (SSSR count). The fourth-order valence-electron chi connectivity index (χ4n) is 4.83. The molecular weight excluding hydrogens is 492 g/mol. The van der Waals surface area contributed by atoms with E-state index in [4.69, 9.17) is 4.98 Å². The van der Waals surface area contributed by atoms with Crippen LogP contribution in [-0.2, 0) is 18.7 Å². The third-order valence-electron chi connectivity index (χ3n) is 6.98. The van der Waals surface area contributed by atoms with E-state index in [1.54, 1.807) is 42.8 Å².